The summed E-state index contributed by atoms with van der Waals surface area (Å²) in [6.07, 6.45) is 1.68. The molecule has 6 nitrogen and oxygen atoms in total. The van der Waals surface area contributed by atoms with Gasteiger partial charge in [-0.25, -0.2) is 0 Å². The molecule has 3 aromatic rings. The van der Waals surface area contributed by atoms with Crippen molar-refractivity contribution < 1.29 is 4.79 Å². The van der Waals surface area contributed by atoms with E-state index in [-0.39, 0.29) is 5.91 Å². The highest BCUT2D eigenvalue weighted by molar-refractivity contribution is 5.96. The number of para-hydroxylation sites is 1. The molecule has 0 unspecified atom stereocenters. The highest BCUT2D eigenvalue weighted by atomic mass is 16.2. The summed E-state index contributed by atoms with van der Waals surface area (Å²) in [5.41, 5.74) is 5.60. The van der Waals surface area contributed by atoms with Crippen LogP contribution in [-0.4, -0.2) is 48.5 Å². The highest BCUT2D eigenvalue weighted by Crippen LogP contribution is 2.32. The molecule has 1 fully saturated rings. The van der Waals surface area contributed by atoms with Gasteiger partial charge in [0.05, 0.1) is 23.3 Å². The number of piperazine rings is 1. The Kier molecular flexibility index (Phi) is 5.64. The average molecular weight is 399 g/mol. The number of aryl methyl sites for hydroxylation is 2. The molecule has 1 aliphatic rings. The molecule has 0 aliphatic carbocycles. The van der Waals surface area contributed by atoms with Crippen LogP contribution in [0.3, 0.4) is 0 Å². The maximum absolute atomic E-state index is 12.4. The fraction of sp³-hybridized carbons (Fsp3) is 0.292. The average Bonchev–Trinajstić information content (AvgIpc) is 2.74. The van der Waals surface area contributed by atoms with Crippen LogP contribution >= 0.6 is 0 Å². The van der Waals surface area contributed by atoms with Gasteiger partial charge >= 0.3 is 0 Å². The number of aromatic nitrogens is 1. The van der Waals surface area contributed by atoms with Crippen LogP contribution < -0.4 is 10.2 Å². The minimum absolute atomic E-state index is 0.00651. The third-order valence-electron chi connectivity index (χ3n) is 5.51. The molecule has 6 heteroatoms. The third kappa shape index (κ3) is 4.12. The van der Waals surface area contributed by atoms with Gasteiger partial charge < -0.3 is 10.2 Å². The van der Waals surface area contributed by atoms with Crippen molar-refractivity contribution in [3.63, 3.8) is 0 Å². The lowest BCUT2D eigenvalue weighted by Crippen LogP contribution is -2.49. The predicted octanol–water partition coefficient (Wildman–Crippen LogP) is 3.48. The van der Waals surface area contributed by atoms with Gasteiger partial charge in [0, 0.05) is 43.4 Å². The van der Waals surface area contributed by atoms with E-state index >= 15 is 0 Å². The largest absolute Gasteiger partial charge is 0.367 e. The lowest BCUT2D eigenvalue weighted by molar-refractivity contribution is -0.117. The van der Waals surface area contributed by atoms with Crippen LogP contribution in [-0.2, 0) is 4.79 Å². The molecule has 2 heterocycles. The van der Waals surface area contributed by atoms with E-state index < -0.39 is 0 Å². The smallest absolute Gasteiger partial charge is 0.238 e. The molecule has 2 aromatic carbocycles. The quantitative estimate of drug-likeness (QED) is 0.727. The standard InChI is InChI=1S/C24H25N5O/c1-17-12-18(2)23-21(13-17)24(19(14-25)15-26-23)29-10-8-28(9-11-29)16-22(30)27-20-6-4-3-5-7-20/h3-7,12-13,15H,8-11,16H2,1-2H3,(H,27,30). The van der Waals surface area contributed by atoms with E-state index in [1.165, 1.54) is 0 Å². The van der Waals surface area contributed by atoms with E-state index in [0.717, 1.165) is 59.6 Å². The normalized spacial score (nSPS) is 14.5. The van der Waals surface area contributed by atoms with Crippen molar-refractivity contribution in [1.82, 2.24) is 9.88 Å². The van der Waals surface area contributed by atoms with E-state index in [1.54, 1.807) is 6.20 Å². The Morgan fingerprint density at radius 3 is 2.57 bits per heavy atom. The first-order chi connectivity index (χ1) is 14.5. The molecule has 0 bridgehead atoms. The molecule has 0 atom stereocenters. The number of amides is 1. The molecule has 1 aliphatic heterocycles. The minimum atomic E-state index is -0.00651. The number of carbonyl (C=O) groups excluding carboxylic acids is 1. The lowest BCUT2D eigenvalue weighted by atomic mass is 10.0. The van der Waals surface area contributed by atoms with Gasteiger partial charge in [-0.2, -0.15) is 5.26 Å². The second-order valence-electron chi connectivity index (χ2n) is 7.79. The molecular formula is C24H25N5O. The van der Waals surface area contributed by atoms with Crippen molar-refractivity contribution in [2.75, 3.05) is 42.9 Å². The number of hydrogen-bond donors (Lipinski definition) is 1. The summed E-state index contributed by atoms with van der Waals surface area (Å²) in [6.45, 7) is 7.55. The molecular weight excluding hydrogens is 374 g/mol. The highest BCUT2D eigenvalue weighted by Gasteiger charge is 2.23. The van der Waals surface area contributed by atoms with E-state index in [2.05, 4.69) is 52.2 Å². The van der Waals surface area contributed by atoms with E-state index in [1.807, 2.05) is 30.3 Å². The van der Waals surface area contributed by atoms with Crippen molar-refractivity contribution in [1.29, 1.82) is 5.26 Å². The first-order valence-corrected chi connectivity index (χ1v) is 10.2. The van der Waals surface area contributed by atoms with Gasteiger partial charge in [-0.3, -0.25) is 14.7 Å². The SMILES string of the molecule is Cc1cc(C)c2ncc(C#N)c(N3CCN(CC(=O)Nc4ccccc4)CC3)c2c1. The summed E-state index contributed by atoms with van der Waals surface area (Å²) in [5.74, 6) is -0.00651. The third-order valence-corrected chi connectivity index (χ3v) is 5.51. The summed E-state index contributed by atoms with van der Waals surface area (Å²) >= 11 is 0. The summed E-state index contributed by atoms with van der Waals surface area (Å²) in [4.78, 5) is 21.3. The molecule has 0 saturated carbocycles. The predicted molar refractivity (Wildman–Crippen MR) is 120 cm³/mol. The zero-order chi connectivity index (χ0) is 21.1. The fourth-order valence-corrected chi connectivity index (χ4v) is 4.12. The molecule has 4 rings (SSSR count). The Morgan fingerprint density at radius 1 is 1.13 bits per heavy atom. The summed E-state index contributed by atoms with van der Waals surface area (Å²) < 4.78 is 0. The van der Waals surface area contributed by atoms with E-state index in [9.17, 15) is 10.1 Å². The number of carbonyl (C=O) groups is 1. The monoisotopic (exact) mass is 399 g/mol. The maximum atomic E-state index is 12.4. The molecule has 152 valence electrons. The van der Waals surface area contributed by atoms with Crippen molar-refractivity contribution in [3.8, 4) is 6.07 Å². The Morgan fingerprint density at radius 2 is 1.87 bits per heavy atom. The maximum Gasteiger partial charge on any atom is 0.238 e. The van der Waals surface area contributed by atoms with Gasteiger partial charge in [-0.15, -0.1) is 0 Å². The number of nitrogens with one attached hydrogen (secondary N) is 1. The van der Waals surface area contributed by atoms with Gasteiger partial charge in [0.15, 0.2) is 0 Å². The van der Waals surface area contributed by atoms with Gasteiger partial charge in [0.2, 0.25) is 5.91 Å². The second-order valence-corrected chi connectivity index (χ2v) is 7.79. The zero-order valence-electron chi connectivity index (χ0n) is 17.4. The van der Waals surface area contributed by atoms with Crippen LogP contribution in [0.1, 0.15) is 16.7 Å². The lowest BCUT2D eigenvalue weighted by Gasteiger charge is -2.36. The Hall–Kier alpha value is -3.43. The van der Waals surface area contributed by atoms with Crippen LogP contribution in [0.4, 0.5) is 11.4 Å². The van der Waals surface area contributed by atoms with E-state index in [4.69, 9.17) is 0 Å². The molecule has 1 N–H and O–H groups in total. The minimum Gasteiger partial charge on any atom is -0.367 e. The number of nitriles is 1. The van der Waals surface area contributed by atoms with Crippen molar-refractivity contribution in [3.05, 3.63) is 65.4 Å². The number of hydrogen-bond acceptors (Lipinski definition) is 5. The van der Waals surface area contributed by atoms with Crippen LogP contribution in [0.2, 0.25) is 0 Å². The molecule has 1 amide bonds. The fourth-order valence-electron chi connectivity index (χ4n) is 4.12. The first-order valence-electron chi connectivity index (χ1n) is 10.2. The van der Waals surface area contributed by atoms with Gasteiger partial charge in [-0.1, -0.05) is 29.8 Å². The summed E-state index contributed by atoms with van der Waals surface area (Å²) in [6, 6.07) is 16.1. The Bertz CT molecular complexity index is 1110. The second kappa shape index (κ2) is 8.52. The van der Waals surface area contributed by atoms with Gasteiger partial charge in [-0.05, 0) is 37.6 Å². The van der Waals surface area contributed by atoms with Gasteiger partial charge in [0.25, 0.3) is 0 Å². The van der Waals surface area contributed by atoms with Crippen molar-refractivity contribution in [2.45, 2.75) is 13.8 Å². The number of benzene rings is 2. The summed E-state index contributed by atoms with van der Waals surface area (Å²) in [5, 5.41) is 13.6. The van der Waals surface area contributed by atoms with Gasteiger partial charge in [0.1, 0.15) is 6.07 Å². The van der Waals surface area contributed by atoms with Crippen LogP contribution in [0.5, 0.6) is 0 Å². The van der Waals surface area contributed by atoms with Crippen LogP contribution in [0.25, 0.3) is 10.9 Å². The zero-order valence-corrected chi connectivity index (χ0v) is 17.4. The Balaban J connectivity index is 1.48. The molecule has 0 spiro atoms. The number of nitrogens with zero attached hydrogens (tertiary/aromatic N) is 4. The van der Waals surface area contributed by atoms with E-state index in [0.29, 0.717) is 12.1 Å². The first kappa shape index (κ1) is 19.9. The van der Waals surface area contributed by atoms with Crippen LogP contribution in [0, 0.1) is 25.2 Å². The summed E-state index contributed by atoms with van der Waals surface area (Å²) in [7, 11) is 0. The molecule has 1 saturated heterocycles. The molecule has 0 radical (unpaired) electrons. The number of rotatable bonds is 4. The van der Waals surface area contributed by atoms with Crippen LogP contribution in [0.15, 0.2) is 48.7 Å². The topological polar surface area (TPSA) is 72.3 Å². The molecule has 30 heavy (non-hydrogen) atoms. The number of pyridine rings is 1. The number of anilines is 2. The number of fused-ring (bicyclic) bond motifs is 1. The van der Waals surface area contributed by atoms with Crippen molar-refractivity contribution in [2.24, 2.45) is 0 Å². The Labute approximate surface area is 176 Å². The molecule has 1 aromatic heterocycles. The van der Waals surface area contributed by atoms with Crippen molar-refractivity contribution >= 4 is 28.2 Å².